The molecule has 0 spiro atoms. The number of aliphatic imine (C=N–C) groups is 1. The van der Waals surface area contributed by atoms with Crippen LogP contribution in [0.4, 0.5) is 14.4 Å². The molecule has 24 heavy (non-hydrogen) atoms. The molecular weight excluding hydrogens is 316 g/mol. The summed E-state index contributed by atoms with van der Waals surface area (Å²) in [5.41, 5.74) is -2.43. The average Bonchev–Trinajstić information content (AvgIpc) is 2.20. The normalized spacial score (nSPS) is 12.7. The summed E-state index contributed by atoms with van der Waals surface area (Å²) in [6, 6.07) is 0. The van der Waals surface area contributed by atoms with Crippen LogP contribution in [-0.4, -0.2) is 46.3 Å². The minimum atomic E-state index is -1.01. The van der Waals surface area contributed by atoms with Crippen molar-refractivity contribution in [3.63, 3.8) is 0 Å². The molecule has 0 aliphatic heterocycles. The first kappa shape index (κ1) is 21.9. The molecule has 0 aromatic carbocycles. The molecule has 0 saturated heterocycles. The van der Waals surface area contributed by atoms with E-state index in [1.165, 1.54) is 0 Å². The standard InChI is InChI=1S/C16H28N2O6/c1-14(2,3)22-11(19)17-10-18(12(20)23-15(4,5)6)13(21)24-16(7,8)9/h10H,1-9H3. The SMILES string of the molecule is CC(C)(C)OC(=O)N=CN(C(=O)OC(C)(C)C)C(=O)OC(C)(C)C. The predicted octanol–water partition coefficient (Wildman–Crippen LogP) is 4.12. The molecule has 0 N–H and O–H groups in total. The lowest BCUT2D eigenvalue weighted by Gasteiger charge is -2.26. The first-order chi connectivity index (χ1) is 10.5. The van der Waals surface area contributed by atoms with Crippen LogP contribution in [0.2, 0.25) is 0 Å². The Balaban J connectivity index is 5.29. The minimum Gasteiger partial charge on any atom is -0.443 e. The van der Waals surface area contributed by atoms with Crippen LogP contribution < -0.4 is 0 Å². The van der Waals surface area contributed by atoms with Crippen LogP contribution in [0.15, 0.2) is 4.99 Å². The van der Waals surface area contributed by atoms with Gasteiger partial charge in [-0.15, -0.1) is 0 Å². The van der Waals surface area contributed by atoms with Crippen LogP contribution in [0.3, 0.4) is 0 Å². The second kappa shape index (κ2) is 7.63. The van der Waals surface area contributed by atoms with Gasteiger partial charge < -0.3 is 14.2 Å². The smallest absolute Gasteiger partial charge is 0.435 e. The molecule has 0 aliphatic rings. The summed E-state index contributed by atoms with van der Waals surface area (Å²) in [5.74, 6) is 0. The van der Waals surface area contributed by atoms with Crippen LogP contribution in [0.5, 0.6) is 0 Å². The molecule has 0 aromatic heterocycles. The number of carbonyl (C=O) groups is 3. The zero-order valence-corrected chi connectivity index (χ0v) is 15.9. The van der Waals surface area contributed by atoms with Gasteiger partial charge in [-0.1, -0.05) is 0 Å². The molecule has 138 valence electrons. The third-order valence-corrected chi connectivity index (χ3v) is 1.85. The highest BCUT2D eigenvalue weighted by molar-refractivity contribution is 6.02. The summed E-state index contributed by atoms with van der Waals surface area (Å²) in [6.45, 7) is 14.9. The van der Waals surface area contributed by atoms with Gasteiger partial charge in [0, 0.05) is 0 Å². The van der Waals surface area contributed by atoms with Crippen LogP contribution in [-0.2, 0) is 14.2 Å². The van der Waals surface area contributed by atoms with E-state index in [2.05, 4.69) is 4.99 Å². The number of rotatable bonds is 1. The van der Waals surface area contributed by atoms with E-state index in [9.17, 15) is 14.4 Å². The maximum atomic E-state index is 12.1. The topological polar surface area (TPSA) is 94.5 Å². The van der Waals surface area contributed by atoms with E-state index in [4.69, 9.17) is 14.2 Å². The molecule has 0 atom stereocenters. The lowest BCUT2D eigenvalue weighted by Crippen LogP contribution is -2.43. The highest BCUT2D eigenvalue weighted by Gasteiger charge is 2.30. The van der Waals surface area contributed by atoms with Gasteiger partial charge in [0.25, 0.3) is 0 Å². The molecule has 0 bridgehead atoms. The fourth-order valence-corrected chi connectivity index (χ4v) is 1.18. The lowest BCUT2D eigenvalue weighted by atomic mass is 10.2. The Labute approximate surface area is 143 Å². The first-order valence-corrected chi connectivity index (χ1v) is 7.52. The zero-order chi connectivity index (χ0) is 19.3. The van der Waals surface area contributed by atoms with Crippen molar-refractivity contribution in [2.45, 2.75) is 79.1 Å². The largest absolute Gasteiger partial charge is 0.443 e. The van der Waals surface area contributed by atoms with Crippen LogP contribution in [0.25, 0.3) is 0 Å². The Kier molecular flexibility index (Phi) is 6.96. The summed E-state index contributed by atoms with van der Waals surface area (Å²) in [4.78, 5) is 39.9. The molecule has 8 heteroatoms. The highest BCUT2D eigenvalue weighted by atomic mass is 16.6. The Bertz CT molecular complexity index is 478. The first-order valence-electron chi connectivity index (χ1n) is 7.52. The molecule has 0 aromatic rings. The average molecular weight is 344 g/mol. The fraction of sp³-hybridized carbons (Fsp3) is 0.750. The van der Waals surface area contributed by atoms with Gasteiger partial charge in [-0.2, -0.15) is 9.89 Å². The Hall–Kier alpha value is -2.12. The molecule has 3 amide bonds. The number of imide groups is 1. The number of carbonyl (C=O) groups excluding carboxylic acids is 3. The van der Waals surface area contributed by atoms with Crippen LogP contribution in [0.1, 0.15) is 62.3 Å². The third-order valence-electron chi connectivity index (χ3n) is 1.85. The molecular formula is C16H28N2O6. The number of amides is 3. The van der Waals surface area contributed by atoms with E-state index in [1.807, 2.05) is 0 Å². The Morgan fingerprint density at radius 1 is 0.708 bits per heavy atom. The van der Waals surface area contributed by atoms with Crippen molar-refractivity contribution in [3.05, 3.63) is 0 Å². The third kappa shape index (κ3) is 10.6. The van der Waals surface area contributed by atoms with Crippen molar-refractivity contribution in [1.82, 2.24) is 4.90 Å². The maximum absolute atomic E-state index is 12.1. The molecule has 0 heterocycles. The second-order valence-corrected chi connectivity index (χ2v) is 8.06. The van der Waals surface area contributed by atoms with Gasteiger partial charge >= 0.3 is 18.3 Å². The second-order valence-electron chi connectivity index (χ2n) is 8.06. The predicted molar refractivity (Wildman–Crippen MR) is 89.0 cm³/mol. The van der Waals surface area contributed by atoms with E-state index in [0.717, 1.165) is 6.34 Å². The van der Waals surface area contributed by atoms with Crippen molar-refractivity contribution in [1.29, 1.82) is 0 Å². The summed E-state index contributed by atoms with van der Waals surface area (Å²) in [5, 5.41) is 0. The summed E-state index contributed by atoms with van der Waals surface area (Å²) in [7, 11) is 0. The van der Waals surface area contributed by atoms with E-state index in [-0.39, 0.29) is 0 Å². The number of hydrogen-bond acceptors (Lipinski definition) is 6. The highest BCUT2D eigenvalue weighted by Crippen LogP contribution is 2.14. The van der Waals surface area contributed by atoms with Gasteiger partial charge in [0.05, 0.1) is 0 Å². The van der Waals surface area contributed by atoms with Gasteiger partial charge in [-0.3, -0.25) is 0 Å². The van der Waals surface area contributed by atoms with E-state index >= 15 is 0 Å². The zero-order valence-electron chi connectivity index (χ0n) is 15.9. The van der Waals surface area contributed by atoms with Crippen LogP contribution in [0, 0.1) is 0 Å². The minimum absolute atomic E-state index is 0.487. The van der Waals surface area contributed by atoms with Gasteiger partial charge in [0.15, 0.2) is 0 Å². The molecule has 0 rings (SSSR count). The maximum Gasteiger partial charge on any atom is 0.435 e. The molecule has 0 unspecified atom stereocenters. The van der Waals surface area contributed by atoms with Gasteiger partial charge in [0.1, 0.15) is 23.1 Å². The summed E-state index contributed by atoms with van der Waals surface area (Å²) >= 11 is 0. The van der Waals surface area contributed by atoms with Crippen molar-refractivity contribution < 1.29 is 28.6 Å². The number of hydrogen-bond donors (Lipinski definition) is 0. The van der Waals surface area contributed by atoms with Gasteiger partial charge in [-0.05, 0) is 62.3 Å². The van der Waals surface area contributed by atoms with Crippen molar-refractivity contribution in [2.24, 2.45) is 4.99 Å². The molecule has 0 fully saturated rings. The monoisotopic (exact) mass is 344 g/mol. The molecule has 0 radical (unpaired) electrons. The molecule has 0 aliphatic carbocycles. The lowest BCUT2D eigenvalue weighted by molar-refractivity contribution is 0.0156. The van der Waals surface area contributed by atoms with E-state index in [1.54, 1.807) is 62.3 Å². The van der Waals surface area contributed by atoms with E-state index < -0.39 is 35.1 Å². The molecule has 0 saturated carbocycles. The van der Waals surface area contributed by atoms with E-state index in [0.29, 0.717) is 4.90 Å². The Morgan fingerprint density at radius 3 is 1.33 bits per heavy atom. The van der Waals surface area contributed by atoms with Crippen molar-refractivity contribution >= 4 is 24.6 Å². The number of nitrogens with zero attached hydrogens (tertiary/aromatic N) is 2. The Morgan fingerprint density at radius 2 is 1.04 bits per heavy atom. The van der Waals surface area contributed by atoms with Gasteiger partial charge in [0.2, 0.25) is 0 Å². The summed E-state index contributed by atoms with van der Waals surface area (Å²) < 4.78 is 15.2. The van der Waals surface area contributed by atoms with Crippen molar-refractivity contribution in [3.8, 4) is 0 Å². The molecule has 8 nitrogen and oxygen atoms in total. The van der Waals surface area contributed by atoms with Gasteiger partial charge in [-0.25, -0.2) is 14.4 Å². The number of ether oxygens (including phenoxy) is 3. The van der Waals surface area contributed by atoms with Crippen molar-refractivity contribution in [2.75, 3.05) is 0 Å². The fourth-order valence-electron chi connectivity index (χ4n) is 1.18. The summed E-state index contributed by atoms with van der Waals surface area (Å²) in [6.07, 6.45) is -2.23. The quantitative estimate of drug-likeness (QED) is 0.403. The van der Waals surface area contributed by atoms with Crippen LogP contribution >= 0.6 is 0 Å².